The van der Waals surface area contributed by atoms with Crippen molar-refractivity contribution in [2.75, 3.05) is 14.1 Å². The average molecular weight is 404 g/mol. The van der Waals surface area contributed by atoms with E-state index < -0.39 is 12.1 Å². The van der Waals surface area contributed by atoms with Crippen molar-refractivity contribution in [1.82, 2.24) is 14.8 Å². The Labute approximate surface area is 167 Å². The summed E-state index contributed by atoms with van der Waals surface area (Å²) in [6, 6.07) is 13.6. The topological polar surface area (TPSA) is 54.3 Å². The van der Waals surface area contributed by atoms with Crippen LogP contribution in [0.1, 0.15) is 5.56 Å². The van der Waals surface area contributed by atoms with Crippen LogP contribution in [0.25, 0.3) is 10.9 Å². The SMILES string of the molecule is CN(C)C(=O)[C@H](Cc1ccccc1)NC(=O)n1ccc2cc(Cl)c(Cl)cc21. The fourth-order valence-electron chi connectivity index (χ4n) is 2.89. The molecule has 0 spiro atoms. The van der Waals surface area contributed by atoms with Crippen LogP contribution in [0.4, 0.5) is 4.79 Å². The number of aromatic nitrogens is 1. The van der Waals surface area contributed by atoms with Crippen molar-refractivity contribution in [1.29, 1.82) is 0 Å². The van der Waals surface area contributed by atoms with Crippen molar-refractivity contribution >= 4 is 46.0 Å². The van der Waals surface area contributed by atoms with Crippen LogP contribution in [-0.2, 0) is 11.2 Å². The Morgan fingerprint density at radius 1 is 1.07 bits per heavy atom. The number of carbonyl (C=O) groups excluding carboxylic acids is 2. The Hall–Kier alpha value is -2.50. The minimum absolute atomic E-state index is 0.176. The number of amides is 2. The van der Waals surface area contributed by atoms with Gasteiger partial charge in [0.1, 0.15) is 6.04 Å². The van der Waals surface area contributed by atoms with E-state index in [-0.39, 0.29) is 5.91 Å². The van der Waals surface area contributed by atoms with Gasteiger partial charge in [0.25, 0.3) is 0 Å². The van der Waals surface area contributed by atoms with Gasteiger partial charge in [-0.2, -0.15) is 0 Å². The molecule has 1 atom stereocenters. The van der Waals surface area contributed by atoms with Crippen molar-refractivity contribution < 1.29 is 9.59 Å². The highest BCUT2D eigenvalue weighted by Crippen LogP contribution is 2.28. The van der Waals surface area contributed by atoms with E-state index in [2.05, 4.69) is 5.32 Å². The van der Waals surface area contributed by atoms with Crippen molar-refractivity contribution in [3.8, 4) is 0 Å². The summed E-state index contributed by atoms with van der Waals surface area (Å²) >= 11 is 12.1. The van der Waals surface area contributed by atoms with Gasteiger partial charge in [0, 0.05) is 32.1 Å². The van der Waals surface area contributed by atoms with Gasteiger partial charge in [-0.05, 0) is 23.8 Å². The number of carbonyl (C=O) groups is 2. The Morgan fingerprint density at radius 2 is 1.74 bits per heavy atom. The van der Waals surface area contributed by atoms with E-state index >= 15 is 0 Å². The molecule has 0 aliphatic heterocycles. The second-order valence-electron chi connectivity index (χ2n) is 6.44. The molecule has 7 heteroatoms. The van der Waals surface area contributed by atoms with E-state index in [1.807, 2.05) is 30.3 Å². The lowest BCUT2D eigenvalue weighted by atomic mass is 10.1. The van der Waals surface area contributed by atoms with Crippen molar-refractivity contribution in [2.45, 2.75) is 12.5 Å². The van der Waals surface area contributed by atoms with Crippen LogP contribution in [0.15, 0.2) is 54.7 Å². The number of halogens is 2. The summed E-state index contributed by atoms with van der Waals surface area (Å²) in [6.45, 7) is 0. The van der Waals surface area contributed by atoms with E-state index in [1.165, 1.54) is 9.47 Å². The summed E-state index contributed by atoms with van der Waals surface area (Å²) in [4.78, 5) is 26.9. The molecule has 2 aromatic carbocycles. The number of benzene rings is 2. The van der Waals surface area contributed by atoms with E-state index in [4.69, 9.17) is 23.2 Å². The summed E-state index contributed by atoms with van der Waals surface area (Å²) < 4.78 is 1.43. The molecule has 3 aromatic rings. The van der Waals surface area contributed by atoms with Gasteiger partial charge >= 0.3 is 6.03 Å². The number of fused-ring (bicyclic) bond motifs is 1. The molecule has 1 N–H and O–H groups in total. The van der Waals surface area contributed by atoms with Gasteiger partial charge in [-0.1, -0.05) is 53.5 Å². The number of nitrogens with one attached hydrogen (secondary N) is 1. The molecule has 0 radical (unpaired) electrons. The maximum Gasteiger partial charge on any atom is 0.326 e. The maximum absolute atomic E-state index is 12.8. The zero-order valence-corrected chi connectivity index (χ0v) is 16.5. The molecule has 0 unspecified atom stereocenters. The molecule has 0 aliphatic carbocycles. The molecule has 2 amide bonds. The molecule has 0 bridgehead atoms. The van der Waals surface area contributed by atoms with Crippen LogP contribution < -0.4 is 5.32 Å². The Kier molecular flexibility index (Phi) is 5.73. The molecule has 3 rings (SSSR count). The minimum Gasteiger partial charge on any atom is -0.347 e. The number of hydrogen-bond acceptors (Lipinski definition) is 2. The van der Waals surface area contributed by atoms with Gasteiger partial charge < -0.3 is 10.2 Å². The number of hydrogen-bond donors (Lipinski definition) is 1. The van der Waals surface area contributed by atoms with E-state index in [0.29, 0.717) is 22.0 Å². The molecular formula is C20H19Cl2N3O2. The smallest absolute Gasteiger partial charge is 0.326 e. The first-order valence-electron chi connectivity index (χ1n) is 8.39. The lowest BCUT2D eigenvalue weighted by Gasteiger charge is -2.22. The highest BCUT2D eigenvalue weighted by molar-refractivity contribution is 6.42. The largest absolute Gasteiger partial charge is 0.347 e. The number of rotatable bonds is 4. The number of nitrogens with zero attached hydrogens (tertiary/aromatic N) is 2. The summed E-state index contributed by atoms with van der Waals surface area (Å²) in [5, 5.41) is 4.41. The molecule has 0 saturated heterocycles. The van der Waals surface area contributed by atoms with Crippen LogP contribution in [0.3, 0.4) is 0 Å². The molecule has 1 aromatic heterocycles. The molecule has 0 fully saturated rings. The Balaban J connectivity index is 1.88. The first kappa shape index (κ1) is 19.3. The van der Waals surface area contributed by atoms with Gasteiger partial charge in [-0.25, -0.2) is 4.79 Å². The summed E-state index contributed by atoms with van der Waals surface area (Å²) in [5.41, 5.74) is 1.59. The Morgan fingerprint density at radius 3 is 2.41 bits per heavy atom. The highest BCUT2D eigenvalue weighted by Gasteiger charge is 2.24. The molecule has 0 aliphatic rings. The predicted octanol–water partition coefficient (Wildman–Crippen LogP) is 4.21. The van der Waals surface area contributed by atoms with Crippen LogP contribution >= 0.6 is 23.2 Å². The van der Waals surface area contributed by atoms with Crippen molar-refractivity contribution in [3.05, 3.63) is 70.3 Å². The normalized spacial score (nSPS) is 12.0. The van der Waals surface area contributed by atoms with Gasteiger partial charge in [0.15, 0.2) is 0 Å². The average Bonchev–Trinajstić information content (AvgIpc) is 3.04. The first-order valence-corrected chi connectivity index (χ1v) is 9.14. The van der Waals surface area contributed by atoms with Crippen molar-refractivity contribution in [2.24, 2.45) is 0 Å². The van der Waals surface area contributed by atoms with Crippen molar-refractivity contribution in [3.63, 3.8) is 0 Å². The van der Waals surface area contributed by atoms with Crippen LogP contribution in [0.5, 0.6) is 0 Å². The quantitative estimate of drug-likeness (QED) is 0.709. The van der Waals surface area contributed by atoms with Crippen LogP contribution in [0.2, 0.25) is 10.0 Å². The lowest BCUT2D eigenvalue weighted by Crippen LogP contribution is -2.48. The first-order chi connectivity index (χ1) is 12.9. The summed E-state index contributed by atoms with van der Waals surface area (Å²) in [6.07, 6.45) is 2.03. The zero-order valence-electron chi connectivity index (χ0n) is 14.9. The monoisotopic (exact) mass is 403 g/mol. The molecule has 27 heavy (non-hydrogen) atoms. The second-order valence-corrected chi connectivity index (χ2v) is 7.25. The Bertz CT molecular complexity index is 984. The minimum atomic E-state index is -0.685. The van der Waals surface area contributed by atoms with Gasteiger partial charge in [-0.3, -0.25) is 9.36 Å². The third-order valence-corrected chi connectivity index (χ3v) is 4.99. The molecule has 0 saturated carbocycles. The van der Waals surface area contributed by atoms with Gasteiger partial charge in [0.2, 0.25) is 5.91 Å². The van der Waals surface area contributed by atoms with Gasteiger partial charge in [0.05, 0.1) is 15.6 Å². The molecule has 1 heterocycles. The fourth-order valence-corrected chi connectivity index (χ4v) is 3.22. The van der Waals surface area contributed by atoms with Gasteiger partial charge in [-0.15, -0.1) is 0 Å². The summed E-state index contributed by atoms with van der Waals surface area (Å²) in [5.74, 6) is -0.176. The molecule has 5 nitrogen and oxygen atoms in total. The fraction of sp³-hybridized carbons (Fsp3) is 0.200. The second kappa shape index (κ2) is 8.03. The van der Waals surface area contributed by atoms with Crippen LogP contribution in [-0.4, -0.2) is 41.5 Å². The lowest BCUT2D eigenvalue weighted by molar-refractivity contribution is -0.130. The number of likely N-dealkylation sites (N-methyl/N-ethyl adjacent to an activating group) is 1. The molecule has 140 valence electrons. The van der Waals surface area contributed by atoms with Crippen LogP contribution in [0, 0.1) is 0 Å². The predicted molar refractivity (Wildman–Crippen MR) is 109 cm³/mol. The van der Waals surface area contributed by atoms with E-state index in [1.54, 1.807) is 38.5 Å². The third kappa shape index (κ3) is 4.26. The third-order valence-electron chi connectivity index (χ3n) is 4.27. The standard InChI is InChI=1S/C20H19Cl2N3O2/c1-24(2)19(26)17(10-13-6-4-3-5-7-13)23-20(27)25-9-8-14-11-15(21)16(22)12-18(14)25/h3-9,11-12,17H,10H2,1-2H3,(H,23,27)/t17-/m0/s1. The summed E-state index contributed by atoms with van der Waals surface area (Å²) in [7, 11) is 3.33. The maximum atomic E-state index is 12.8. The molecular weight excluding hydrogens is 385 g/mol. The zero-order chi connectivity index (χ0) is 19.6. The van der Waals surface area contributed by atoms with E-state index in [0.717, 1.165) is 10.9 Å². The highest BCUT2D eigenvalue weighted by atomic mass is 35.5. The van der Waals surface area contributed by atoms with E-state index in [9.17, 15) is 9.59 Å².